The largest absolute Gasteiger partial charge is 0.482 e. The lowest BCUT2D eigenvalue weighted by molar-refractivity contribution is -0.149. The average Bonchev–Trinajstić information content (AvgIpc) is 3.14. The number of ketones is 1. The lowest BCUT2D eigenvalue weighted by atomic mass is 10.0. The highest BCUT2D eigenvalue weighted by molar-refractivity contribution is 6.15. The molecule has 1 aromatic heterocycles. The van der Waals surface area contributed by atoms with Crippen LogP contribution in [0.1, 0.15) is 35.5 Å². The molecule has 1 aromatic carbocycles. The zero-order valence-corrected chi connectivity index (χ0v) is 14.2. The first-order valence-corrected chi connectivity index (χ1v) is 7.88. The Morgan fingerprint density at radius 1 is 1.32 bits per heavy atom. The van der Waals surface area contributed by atoms with Crippen molar-refractivity contribution in [2.75, 3.05) is 6.61 Å². The van der Waals surface area contributed by atoms with Gasteiger partial charge in [0.1, 0.15) is 17.3 Å². The number of ether oxygens (including phenoxy) is 3. The molecule has 1 aliphatic rings. The molecular weight excluding hydrogens is 324 g/mol. The number of hydrogen-bond acceptors (Lipinski definition) is 6. The van der Waals surface area contributed by atoms with Gasteiger partial charge in [-0.25, -0.2) is 4.79 Å². The molecule has 0 spiro atoms. The van der Waals surface area contributed by atoms with E-state index in [1.807, 2.05) is 0 Å². The maximum atomic E-state index is 12.5. The second kappa shape index (κ2) is 6.84. The Labute approximate surface area is 145 Å². The van der Waals surface area contributed by atoms with E-state index in [1.165, 1.54) is 6.26 Å². The summed E-state index contributed by atoms with van der Waals surface area (Å²) in [6.07, 6.45) is 2.86. The molecule has 6 heteroatoms. The highest BCUT2D eigenvalue weighted by Gasteiger charge is 2.30. The number of hydrogen-bond donors (Lipinski definition) is 0. The highest BCUT2D eigenvalue weighted by atomic mass is 16.6. The van der Waals surface area contributed by atoms with Crippen LogP contribution in [0.15, 0.2) is 40.7 Å². The summed E-state index contributed by atoms with van der Waals surface area (Å²) in [5.41, 5.74) is 1.19. The van der Waals surface area contributed by atoms with Crippen molar-refractivity contribution < 1.29 is 28.2 Å². The summed E-state index contributed by atoms with van der Waals surface area (Å²) in [6, 6.07) is 6.74. The number of aryl methyl sites for hydroxylation is 1. The SMILES string of the molecule is Cc1cc(OCC(=O)OC(C)C)cc2c1C(=O)/C(=C/c1ccco1)O2. The Balaban J connectivity index is 1.78. The van der Waals surface area contributed by atoms with E-state index in [2.05, 4.69) is 0 Å². The molecule has 0 fully saturated rings. The zero-order chi connectivity index (χ0) is 18.0. The van der Waals surface area contributed by atoms with E-state index in [0.717, 1.165) is 0 Å². The maximum Gasteiger partial charge on any atom is 0.344 e. The van der Waals surface area contributed by atoms with Gasteiger partial charge in [-0.05, 0) is 44.5 Å². The molecule has 2 aromatic rings. The van der Waals surface area contributed by atoms with E-state index in [9.17, 15) is 9.59 Å². The van der Waals surface area contributed by atoms with Gasteiger partial charge in [0.05, 0.1) is 17.9 Å². The van der Waals surface area contributed by atoms with Crippen LogP contribution in [0.2, 0.25) is 0 Å². The van der Waals surface area contributed by atoms with Gasteiger partial charge in [-0.1, -0.05) is 0 Å². The monoisotopic (exact) mass is 342 g/mol. The van der Waals surface area contributed by atoms with Crippen LogP contribution in [0, 0.1) is 6.92 Å². The summed E-state index contributed by atoms with van der Waals surface area (Å²) >= 11 is 0. The molecule has 3 rings (SSSR count). The van der Waals surface area contributed by atoms with Crippen molar-refractivity contribution in [3.8, 4) is 11.5 Å². The van der Waals surface area contributed by atoms with Crippen LogP contribution in [-0.4, -0.2) is 24.5 Å². The van der Waals surface area contributed by atoms with E-state index >= 15 is 0 Å². The van der Waals surface area contributed by atoms with Crippen molar-refractivity contribution in [3.05, 3.63) is 53.2 Å². The third-order valence-electron chi connectivity index (χ3n) is 3.48. The Bertz CT molecular complexity index is 830. The molecule has 0 radical (unpaired) electrons. The summed E-state index contributed by atoms with van der Waals surface area (Å²) < 4.78 is 21.3. The number of furan rings is 1. The van der Waals surface area contributed by atoms with E-state index in [4.69, 9.17) is 18.6 Å². The fourth-order valence-corrected chi connectivity index (χ4v) is 2.50. The molecule has 1 aliphatic heterocycles. The van der Waals surface area contributed by atoms with Gasteiger partial charge in [-0.15, -0.1) is 0 Å². The minimum absolute atomic E-state index is 0.185. The number of allylic oxidation sites excluding steroid dienone is 1. The first-order valence-electron chi connectivity index (χ1n) is 7.88. The number of carbonyl (C=O) groups is 2. The molecule has 0 unspecified atom stereocenters. The fourth-order valence-electron chi connectivity index (χ4n) is 2.50. The summed E-state index contributed by atoms with van der Waals surface area (Å²) in [5, 5.41) is 0. The minimum atomic E-state index is -0.455. The number of rotatable bonds is 5. The number of benzene rings is 1. The predicted molar refractivity (Wildman–Crippen MR) is 89.5 cm³/mol. The van der Waals surface area contributed by atoms with Crippen molar-refractivity contribution in [2.45, 2.75) is 26.9 Å². The number of carbonyl (C=O) groups excluding carboxylic acids is 2. The van der Waals surface area contributed by atoms with Gasteiger partial charge in [-0.2, -0.15) is 0 Å². The van der Waals surface area contributed by atoms with Crippen LogP contribution in [0.5, 0.6) is 11.5 Å². The zero-order valence-electron chi connectivity index (χ0n) is 14.2. The van der Waals surface area contributed by atoms with E-state index < -0.39 is 5.97 Å². The van der Waals surface area contributed by atoms with E-state index in [0.29, 0.717) is 28.4 Å². The fraction of sp³-hybridized carbons (Fsp3) is 0.263. The van der Waals surface area contributed by atoms with Gasteiger partial charge in [0.2, 0.25) is 5.78 Å². The Morgan fingerprint density at radius 2 is 2.12 bits per heavy atom. The minimum Gasteiger partial charge on any atom is -0.482 e. The predicted octanol–water partition coefficient (Wildman–Crippen LogP) is 3.53. The first-order chi connectivity index (χ1) is 11.9. The normalized spacial score (nSPS) is 14.6. The third kappa shape index (κ3) is 3.74. The van der Waals surface area contributed by atoms with Gasteiger partial charge in [0.25, 0.3) is 0 Å². The second-order valence-corrected chi connectivity index (χ2v) is 5.90. The smallest absolute Gasteiger partial charge is 0.344 e. The first kappa shape index (κ1) is 16.8. The van der Waals surface area contributed by atoms with Crippen molar-refractivity contribution in [2.24, 2.45) is 0 Å². The Morgan fingerprint density at radius 3 is 2.80 bits per heavy atom. The van der Waals surface area contributed by atoms with E-state index in [-0.39, 0.29) is 24.3 Å². The molecule has 6 nitrogen and oxygen atoms in total. The van der Waals surface area contributed by atoms with Crippen LogP contribution < -0.4 is 9.47 Å². The van der Waals surface area contributed by atoms with Gasteiger partial charge in [-0.3, -0.25) is 4.79 Å². The van der Waals surface area contributed by atoms with Crippen molar-refractivity contribution >= 4 is 17.8 Å². The molecule has 130 valence electrons. The maximum absolute atomic E-state index is 12.5. The molecule has 0 saturated carbocycles. The van der Waals surface area contributed by atoms with Crippen LogP contribution in [0.25, 0.3) is 6.08 Å². The molecule has 0 N–H and O–H groups in total. The van der Waals surface area contributed by atoms with Crippen LogP contribution in [-0.2, 0) is 9.53 Å². The van der Waals surface area contributed by atoms with Crippen molar-refractivity contribution in [1.82, 2.24) is 0 Å². The summed E-state index contributed by atoms with van der Waals surface area (Å²) in [5.74, 6) is 0.878. The Hall–Kier alpha value is -3.02. The molecule has 0 saturated heterocycles. The quantitative estimate of drug-likeness (QED) is 0.611. The molecule has 25 heavy (non-hydrogen) atoms. The van der Waals surface area contributed by atoms with Gasteiger partial charge < -0.3 is 18.6 Å². The number of fused-ring (bicyclic) bond motifs is 1. The molecule has 2 heterocycles. The van der Waals surface area contributed by atoms with Crippen molar-refractivity contribution in [3.63, 3.8) is 0 Å². The van der Waals surface area contributed by atoms with Gasteiger partial charge in [0, 0.05) is 12.1 Å². The lowest BCUT2D eigenvalue weighted by Crippen LogP contribution is -2.18. The Kier molecular flexibility index (Phi) is 4.61. The molecule has 0 aliphatic carbocycles. The van der Waals surface area contributed by atoms with Crippen LogP contribution >= 0.6 is 0 Å². The molecule has 0 atom stereocenters. The van der Waals surface area contributed by atoms with Crippen LogP contribution in [0.4, 0.5) is 0 Å². The number of Topliss-reactive ketones (excluding diaryl/α,β-unsaturated/α-hetero) is 1. The van der Waals surface area contributed by atoms with Gasteiger partial charge >= 0.3 is 5.97 Å². The summed E-state index contributed by atoms with van der Waals surface area (Å²) in [6.45, 7) is 5.11. The summed E-state index contributed by atoms with van der Waals surface area (Å²) in [4.78, 5) is 24.1. The standard InChI is InChI=1S/C19H18O6/c1-11(2)24-17(20)10-23-14-7-12(3)18-15(9-14)25-16(19(18)21)8-13-5-4-6-22-13/h4-9,11H,10H2,1-3H3/b16-8-. The molecular formula is C19H18O6. The van der Waals surface area contributed by atoms with Gasteiger partial charge in [0.15, 0.2) is 12.4 Å². The van der Waals surface area contributed by atoms with E-state index in [1.54, 1.807) is 51.1 Å². The van der Waals surface area contributed by atoms with Crippen LogP contribution in [0.3, 0.4) is 0 Å². The third-order valence-corrected chi connectivity index (χ3v) is 3.48. The lowest BCUT2D eigenvalue weighted by Gasteiger charge is -2.10. The molecule has 0 bridgehead atoms. The average molecular weight is 342 g/mol. The molecule has 0 amide bonds. The summed E-state index contributed by atoms with van der Waals surface area (Å²) in [7, 11) is 0. The second-order valence-electron chi connectivity index (χ2n) is 5.90. The number of esters is 1. The highest BCUT2D eigenvalue weighted by Crippen LogP contribution is 2.37. The topological polar surface area (TPSA) is 75.0 Å². The van der Waals surface area contributed by atoms with Crippen molar-refractivity contribution in [1.29, 1.82) is 0 Å².